The Morgan fingerprint density at radius 2 is 1.89 bits per heavy atom. The number of thiophene rings is 1. The van der Waals surface area contributed by atoms with Crippen molar-refractivity contribution in [1.82, 2.24) is 9.55 Å². The van der Waals surface area contributed by atoms with Crippen LogP contribution < -0.4 is 15.6 Å². The highest BCUT2D eigenvalue weighted by molar-refractivity contribution is 7.20. The van der Waals surface area contributed by atoms with Crippen LogP contribution in [-0.2, 0) is 16.1 Å². The van der Waals surface area contributed by atoms with Gasteiger partial charge in [-0.3, -0.25) is 14.2 Å². The number of aryl methyl sites for hydroxylation is 1. The highest BCUT2D eigenvalue weighted by Gasteiger charge is 2.21. The van der Waals surface area contributed by atoms with E-state index in [9.17, 15) is 14.4 Å². The third kappa shape index (κ3) is 5.82. The molecule has 0 saturated carbocycles. The van der Waals surface area contributed by atoms with Gasteiger partial charge in [0.1, 0.15) is 35.2 Å². The Hall–Kier alpha value is -3.40. The van der Waals surface area contributed by atoms with Gasteiger partial charge in [-0.1, -0.05) is 41.4 Å². The standard InChI is InChI=1S/C24H19Cl2N3O5S/c1-14-20-22(35-21(14)24(32)34-10-9-33-16-5-3-2-4-6-16)27-13-29(23(20)31)12-19(30)28-18-8-7-15(25)11-17(18)26/h2-8,11,13H,9-10,12H2,1H3,(H,28,30). The van der Waals surface area contributed by atoms with Crippen LogP contribution in [0.4, 0.5) is 5.69 Å². The number of nitrogens with zero attached hydrogens (tertiary/aromatic N) is 2. The SMILES string of the molecule is Cc1c(C(=O)OCCOc2ccccc2)sc2ncn(CC(=O)Nc3ccc(Cl)cc3Cl)c(=O)c12. The molecule has 1 amide bonds. The normalized spacial score (nSPS) is 10.8. The Balaban J connectivity index is 1.44. The van der Waals surface area contributed by atoms with Gasteiger partial charge in [-0.2, -0.15) is 0 Å². The summed E-state index contributed by atoms with van der Waals surface area (Å²) < 4.78 is 12.0. The molecule has 0 radical (unpaired) electrons. The van der Waals surface area contributed by atoms with Crippen molar-refractivity contribution in [1.29, 1.82) is 0 Å². The number of carbonyl (C=O) groups is 2. The Morgan fingerprint density at radius 3 is 2.63 bits per heavy atom. The topological polar surface area (TPSA) is 99.5 Å². The Morgan fingerprint density at radius 1 is 1.11 bits per heavy atom. The molecule has 8 nitrogen and oxygen atoms in total. The smallest absolute Gasteiger partial charge is 0.348 e. The fourth-order valence-electron chi connectivity index (χ4n) is 3.28. The van der Waals surface area contributed by atoms with Gasteiger partial charge in [0.05, 0.1) is 22.4 Å². The molecule has 0 aliphatic heterocycles. The van der Waals surface area contributed by atoms with Crippen molar-refractivity contribution in [2.24, 2.45) is 0 Å². The van der Waals surface area contributed by atoms with Gasteiger partial charge in [0, 0.05) is 5.02 Å². The summed E-state index contributed by atoms with van der Waals surface area (Å²) in [6.45, 7) is 1.60. The Bertz CT molecular complexity index is 1450. The molecule has 4 aromatic rings. The average molecular weight is 532 g/mol. The maximum absolute atomic E-state index is 13.0. The lowest BCUT2D eigenvalue weighted by molar-refractivity contribution is -0.116. The molecule has 0 fully saturated rings. The summed E-state index contributed by atoms with van der Waals surface area (Å²) >= 11 is 13.0. The number of hydrogen-bond acceptors (Lipinski definition) is 7. The van der Waals surface area contributed by atoms with E-state index in [1.54, 1.807) is 31.2 Å². The van der Waals surface area contributed by atoms with Gasteiger partial charge in [0.15, 0.2) is 0 Å². The molecule has 11 heteroatoms. The van der Waals surface area contributed by atoms with Gasteiger partial charge in [-0.05, 0) is 42.8 Å². The van der Waals surface area contributed by atoms with Crippen LogP contribution >= 0.6 is 34.5 Å². The predicted octanol–water partition coefficient (Wildman–Crippen LogP) is 4.95. The van der Waals surface area contributed by atoms with E-state index in [4.69, 9.17) is 32.7 Å². The lowest BCUT2D eigenvalue weighted by Crippen LogP contribution is -2.28. The van der Waals surface area contributed by atoms with Crippen LogP contribution in [0, 0.1) is 6.92 Å². The fourth-order valence-corrected chi connectivity index (χ4v) is 4.77. The third-order valence-electron chi connectivity index (χ3n) is 4.95. The average Bonchev–Trinajstić information content (AvgIpc) is 3.18. The molecule has 180 valence electrons. The number of rotatable bonds is 8. The maximum atomic E-state index is 13.0. The van der Waals surface area contributed by atoms with E-state index in [-0.39, 0.29) is 35.0 Å². The third-order valence-corrected chi connectivity index (χ3v) is 6.68. The van der Waals surface area contributed by atoms with Crippen molar-refractivity contribution in [2.75, 3.05) is 18.5 Å². The van der Waals surface area contributed by atoms with E-state index in [0.29, 0.717) is 26.9 Å². The van der Waals surface area contributed by atoms with Gasteiger partial charge >= 0.3 is 5.97 Å². The van der Waals surface area contributed by atoms with Crippen molar-refractivity contribution in [3.8, 4) is 5.75 Å². The summed E-state index contributed by atoms with van der Waals surface area (Å²) in [5.41, 5.74) is 0.385. The van der Waals surface area contributed by atoms with Gasteiger partial charge in [0.2, 0.25) is 5.91 Å². The number of amides is 1. The number of carbonyl (C=O) groups excluding carboxylic acids is 2. The van der Waals surface area contributed by atoms with Crippen molar-refractivity contribution in [3.63, 3.8) is 0 Å². The van der Waals surface area contributed by atoms with Crippen LogP contribution in [0.5, 0.6) is 5.75 Å². The Kier molecular flexibility index (Phi) is 7.70. The second-order valence-corrected chi connectivity index (χ2v) is 9.23. The van der Waals surface area contributed by atoms with E-state index in [1.807, 2.05) is 18.2 Å². The van der Waals surface area contributed by atoms with Crippen molar-refractivity contribution in [3.05, 3.63) is 85.7 Å². The molecule has 2 heterocycles. The molecule has 0 unspecified atom stereocenters. The molecule has 1 N–H and O–H groups in total. The highest BCUT2D eigenvalue weighted by Crippen LogP contribution is 2.28. The first-order valence-corrected chi connectivity index (χ1v) is 12.0. The molecule has 35 heavy (non-hydrogen) atoms. The van der Waals surface area contributed by atoms with Gasteiger partial charge in [-0.25, -0.2) is 9.78 Å². The fraction of sp³-hybridized carbons (Fsp3) is 0.167. The van der Waals surface area contributed by atoms with Crippen molar-refractivity contribution in [2.45, 2.75) is 13.5 Å². The summed E-state index contributed by atoms with van der Waals surface area (Å²) in [7, 11) is 0. The highest BCUT2D eigenvalue weighted by atomic mass is 35.5. The van der Waals surface area contributed by atoms with Crippen LogP contribution in [0.1, 0.15) is 15.2 Å². The number of benzene rings is 2. The number of hydrogen-bond donors (Lipinski definition) is 1. The van der Waals surface area contributed by atoms with Crippen LogP contribution in [-0.4, -0.2) is 34.6 Å². The minimum absolute atomic E-state index is 0.0481. The summed E-state index contributed by atoms with van der Waals surface area (Å²) in [5, 5.41) is 3.62. The van der Waals surface area contributed by atoms with Crippen LogP contribution in [0.2, 0.25) is 10.0 Å². The molecule has 0 spiro atoms. The van der Waals surface area contributed by atoms with E-state index in [0.717, 1.165) is 11.3 Å². The quantitative estimate of drug-likeness (QED) is 0.255. The molecule has 2 aromatic heterocycles. The number of ether oxygens (including phenoxy) is 2. The summed E-state index contributed by atoms with van der Waals surface area (Å²) in [6, 6.07) is 13.8. The molecular weight excluding hydrogens is 513 g/mol. The molecule has 0 atom stereocenters. The zero-order chi connectivity index (χ0) is 24.9. The molecular formula is C24H19Cl2N3O5S. The summed E-state index contributed by atoms with van der Waals surface area (Å²) in [5.74, 6) is -0.361. The predicted molar refractivity (Wildman–Crippen MR) is 136 cm³/mol. The monoisotopic (exact) mass is 531 g/mol. The largest absolute Gasteiger partial charge is 0.490 e. The van der Waals surface area contributed by atoms with E-state index in [2.05, 4.69) is 10.3 Å². The zero-order valence-electron chi connectivity index (χ0n) is 18.4. The van der Waals surface area contributed by atoms with Crippen LogP contribution in [0.25, 0.3) is 10.2 Å². The molecule has 4 rings (SSSR count). The van der Waals surface area contributed by atoms with Gasteiger partial charge in [0.25, 0.3) is 5.56 Å². The summed E-state index contributed by atoms with van der Waals surface area (Å²) in [6.07, 6.45) is 1.27. The van der Waals surface area contributed by atoms with E-state index in [1.165, 1.54) is 17.0 Å². The lowest BCUT2D eigenvalue weighted by atomic mass is 10.2. The van der Waals surface area contributed by atoms with Crippen LogP contribution in [0.3, 0.4) is 0 Å². The summed E-state index contributed by atoms with van der Waals surface area (Å²) in [4.78, 5) is 43.0. The molecule has 0 bridgehead atoms. The van der Waals surface area contributed by atoms with Crippen LogP contribution in [0.15, 0.2) is 59.7 Å². The second kappa shape index (κ2) is 10.9. The first-order chi connectivity index (χ1) is 16.8. The molecule has 0 aliphatic carbocycles. The molecule has 0 aliphatic rings. The first-order valence-electron chi connectivity index (χ1n) is 10.4. The number of fused-ring (bicyclic) bond motifs is 1. The van der Waals surface area contributed by atoms with E-state index >= 15 is 0 Å². The number of para-hydroxylation sites is 1. The number of anilines is 1. The van der Waals surface area contributed by atoms with E-state index < -0.39 is 17.4 Å². The number of halogens is 2. The second-order valence-electron chi connectivity index (χ2n) is 7.38. The zero-order valence-corrected chi connectivity index (χ0v) is 20.7. The van der Waals surface area contributed by atoms with Crippen molar-refractivity contribution < 1.29 is 19.1 Å². The molecule has 2 aromatic carbocycles. The number of aromatic nitrogens is 2. The van der Waals surface area contributed by atoms with Gasteiger partial charge < -0.3 is 14.8 Å². The van der Waals surface area contributed by atoms with Crippen molar-refractivity contribution >= 4 is 62.3 Å². The minimum Gasteiger partial charge on any atom is -0.490 e. The maximum Gasteiger partial charge on any atom is 0.348 e. The molecule has 0 saturated heterocycles. The lowest BCUT2D eigenvalue weighted by Gasteiger charge is -2.09. The van der Waals surface area contributed by atoms with Gasteiger partial charge in [-0.15, -0.1) is 11.3 Å². The first kappa shape index (κ1) is 24.7. The number of nitrogens with one attached hydrogen (secondary N) is 1. The number of esters is 1. The Labute approximate surface area is 214 Å². The minimum atomic E-state index is -0.566.